The molecule has 4 rings (SSSR count). The van der Waals surface area contributed by atoms with Crippen molar-refractivity contribution in [1.82, 2.24) is 4.98 Å². The maximum Gasteiger partial charge on any atom is 0.225 e. The number of aryl methyl sites for hydroxylation is 1. The molecule has 0 saturated carbocycles. The Bertz CT molecular complexity index is 957. The van der Waals surface area contributed by atoms with Gasteiger partial charge in [-0.3, -0.25) is 4.98 Å². The van der Waals surface area contributed by atoms with Crippen LogP contribution >= 0.6 is 0 Å². The third-order valence-electron chi connectivity index (χ3n) is 5.45. The zero-order valence-corrected chi connectivity index (χ0v) is 21.8. The Kier molecular flexibility index (Phi) is 8.24. The first-order valence-electron chi connectivity index (χ1n) is 10.2. The van der Waals surface area contributed by atoms with Gasteiger partial charge in [0.25, 0.3) is 0 Å². The topological polar surface area (TPSA) is 76.0 Å². The van der Waals surface area contributed by atoms with E-state index < -0.39 is 17.0 Å². The molecule has 0 aliphatic carbocycles. The average Bonchev–Trinajstić information content (AvgIpc) is 3.15. The Labute approximate surface area is 209 Å². The van der Waals surface area contributed by atoms with Crippen molar-refractivity contribution >= 4 is 51.5 Å². The molecule has 0 amide bonds. The van der Waals surface area contributed by atoms with Crippen LogP contribution in [0.3, 0.4) is 0 Å². The smallest absolute Gasteiger partial charge is 0.225 e. The van der Waals surface area contributed by atoms with Gasteiger partial charge in [0.05, 0.1) is 37.6 Å². The molecule has 6 nitrogen and oxygen atoms in total. The van der Waals surface area contributed by atoms with E-state index in [9.17, 15) is 4.55 Å². The molecule has 2 aromatic rings. The van der Waals surface area contributed by atoms with Crippen LogP contribution in [0, 0.1) is 19.8 Å². The number of nitrogens with zero attached hydrogens (tertiary/aromatic N) is 2. The summed E-state index contributed by atoms with van der Waals surface area (Å²) in [6.45, 7) is 9.50. The minimum absolute atomic E-state index is 0. The van der Waals surface area contributed by atoms with E-state index in [2.05, 4.69) is 9.98 Å². The molecule has 1 saturated heterocycles. The first-order valence-corrected chi connectivity index (χ1v) is 11.5. The third kappa shape index (κ3) is 5.90. The molecule has 0 unspecified atom stereocenters. The van der Waals surface area contributed by atoms with Crippen molar-refractivity contribution in [3.63, 3.8) is 0 Å². The fraction of sp³-hybridized carbons (Fsp3) is 0.478. The summed E-state index contributed by atoms with van der Waals surface area (Å²) in [6, 6.07) is 7.93. The second kappa shape index (κ2) is 10.3. The summed E-state index contributed by atoms with van der Waals surface area (Å²) in [6.07, 6.45) is 2.42. The summed E-state index contributed by atoms with van der Waals surface area (Å²) < 4.78 is 30.5. The van der Waals surface area contributed by atoms with Gasteiger partial charge >= 0.3 is 0 Å². The van der Waals surface area contributed by atoms with E-state index in [1.807, 2.05) is 52.0 Å². The van der Waals surface area contributed by atoms with Gasteiger partial charge in [0, 0.05) is 64.0 Å². The summed E-state index contributed by atoms with van der Waals surface area (Å²) in [7, 11) is 0. The molecular formula is C23H28N2NaO4S. The van der Waals surface area contributed by atoms with Gasteiger partial charge in [-0.05, 0) is 39.3 Å². The van der Waals surface area contributed by atoms with Crippen molar-refractivity contribution in [2.24, 2.45) is 10.9 Å². The number of hydrogen-bond donors (Lipinski definition) is 0. The molecule has 2 aliphatic heterocycles. The Morgan fingerprint density at radius 3 is 2.61 bits per heavy atom. The number of aliphatic imine (C=N–C) groups is 1. The number of para-hydroxylation sites is 1. The molecule has 0 spiro atoms. The quantitative estimate of drug-likeness (QED) is 0.513. The Hall–Kier alpha value is -0.930. The van der Waals surface area contributed by atoms with Crippen LogP contribution in [0.25, 0.3) is 0 Å². The number of rotatable bonds is 5. The van der Waals surface area contributed by atoms with Gasteiger partial charge in [0.15, 0.2) is 11.5 Å². The molecule has 1 aromatic carbocycles. The van der Waals surface area contributed by atoms with Crippen molar-refractivity contribution in [2.75, 3.05) is 19.8 Å². The van der Waals surface area contributed by atoms with Crippen LogP contribution in [-0.2, 0) is 32.8 Å². The second-order valence-electron chi connectivity index (χ2n) is 8.34. The maximum atomic E-state index is 13.0. The van der Waals surface area contributed by atoms with E-state index in [4.69, 9.17) is 14.2 Å². The molecule has 3 heterocycles. The number of fused-ring (bicyclic) bond motifs is 1. The largest absolute Gasteiger partial charge is 0.610 e. The molecular weight excluding hydrogens is 423 g/mol. The van der Waals surface area contributed by atoms with Gasteiger partial charge in [-0.15, -0.1) is 0 Å². The van der Waals surface area contributed by atoms with E-state index in [0.29, 0.717) is 37.0 Å². The minimum Gasteiger partial charge on any atom is -0.610 e. The second-order valence-corrected chi connectivity index (χ2v) is 9.79. The van der Waals surface area contributed by atoms with Gasteiger partial charge in [0.2, 0.25) is 5.04 Å². The SMILES string of the molecule is Cc1cnc(C[S@+]([O-])C2=Nc3ccccc3C2)c(C)c1OCC1COC(C)(C)OC1.[Na]. The predicted molar refractivity (Wildman–Crippen MR) is 124 cm³/mol. The normalized spacial score (nSPS) is 18.7. The van der Waals surface area contributed by atoms with Crippen molar-refractivity contribution in [3.05, 3.63) is 52.8 Å². The minimum atomic E-state index is -1.22. The van der Waals surface area contributed by atoms with Crippen molar-refractivity contribution in [2.45, 2.75) is 45.7 Å². The van der Waals surface area contributed by atoms with Gasteiger partial charge in [0.1, 0.15) is 5.75 Å². The van der Waals surface area contributed by atoms with Crippen molar-refractivity contribution in [1.29, 1.82) is 0 Å². The van der Waals surface area contributed by atoms with E-state index in [1.54, 1.807) is 6.20 Å². The molecule has 1 fully saturated rings. The summed E-state index contributed by atoms with van der Waals surface area (Å²) in [5, 5.41) is 0.708. The molecule has 0 bridgehead atoms. The molecule has 2 aliphatic rings. The van der Waals surface area contributed by atoms with Crippen LogP contribution < -0.4 is 4.74 Å². The van der Waals surface area contributed by atoms with Crippen molar-refractivity contribution in [3.8, 4) is 5.75 Å². The molecule has 0 N–H and O–H groups in total. The zero-order chi connectivity index (χ0) is 21.3. The predicted octanol–water partition coefficient (Wildman–Crippen LogP) is 3.63. The van der Waals surface area contributed by atoms with Crippen LogP contribution in [0.1, 0.15) is 36.2 Å². The molecule has 31 heavy (non-hydrogen) atoms. The summed E-state index contributed by atoms with van der Waals surface area (Å²) >= 11 is -1.22. The van der Waals surface area contributed by atoms with Crippen molar-refractivity contribution < 1.29 is 18.8 Å². The number of ether oxygens (including phenoxy) is 3. The molecule has 1 aromatic heterocycles. The number of pyridine rings is 1. The Morgan fingerprint density at radius 2 is 1.90 bits per heavy atom. The fourth-order valence-electron chi connectivity index (χ4n) is 3.59. The van der Waals surface area contributed by atoms with E-state index in [1.165, 1.54) is 0 Å². The molecule has 8 heteroatoms. The average molecular weight is 452 g/mol. The summed E-state index contributed by atoms with van der Waals surface area (Å²) in [4.78, 5) is 9.09. The number of aromatic nitrogens is 1. The summed E-state index contributed by atoms with van der Waals surface area (Å²) in [5.41, 5.74) is 4.71. The standard InChI is InChI=1S/C23H28N2O4S.Na/c1-15-10-24-20(14-30(26)21-9-18-7-5-6-8-19(18)25-21)16(2)22(15)27-11-17-12-28-23(3,4)29-13-17;/h5-8,10,17H,9,11-14H2,1-4H3;/t30-;/m0./s1. The van der Waals surface area contributed by atoms with E-state index in [-0.39, 0.29) is 35.5 Å². The number of benzene rings is 1. The van der Waals surface area contributed by atoms with Crippen LogP contribution in [0.5, 0.6) is 5.75 Å². The van der Waals surface area contributed by atoms with Crippen LogP contribution in [0.4, 0.5) is 5.69 Å². The maximum absolute atomic E-state index is 13.0. The van der Waals surface area contributed by atoms with E-state index in [0.717, 1.165) is 33.8 Å². The molecule has 161 valence electrons. The fourth-order valence-corrected chi connectivity index (χ4v) is 4.82. The van der Waals surface area contributed by atoms with Crippen LogP contribution in [0.2, 0.25) is 0 Å². The van der Waals surface area contributed by atoms with E-state index >= 15 is 0 Å². The Morgan fingerprint density at radius 1 is 1.19 bits per heavy atom. The summed E-state index contributed by atoms with van der Waals surface area (Å²) in [5.74, 6) is 0.783. The van der Waals surface area contributed by atoms with Gasteiger partial charge in [-0.2, -0.15) is 0 Å². The van der Waals surface area contributed by atoms with Crippen LogP contribution in [-0.4, -0.2) is 69.7 Å². The monoisotopic (exact) mass is 451 g/mol. The number of hydrogen-bond acceptors (Lipinski definition) is 6. The molecule has 1 radical (unpaired) electrons. The Balaban J connectivity index is 0.00000272. The first kappa shape index (κ1) is 24.7. The van der Waals surface area contributed by atoms with Gasteiger partial charge in [-0.25, -0.2) is 4.99 Å². The van der Waals surface area contributed by atoms with Gasteiger partial charge in [-0.1, -0.05) is 18.2 Å². The first-order chi connectivity index (χ1) is 14.3. The molecule has 1 atom stereocenters. The van der Waals surface area contributed by atoms with Crippen LogP contribution in [0.15, 0.2) is 35.5 Å². The van der Waals surface area contributed by atoms with Gasteiger partial charge < -0.3 is 18.8 Å². The zero-order valence-electron chi connectivity index (χ0n) is 18.9. The third-order valence-corrected chi connectivity index (χ3v) is 6.75.